The van der Waals surface area contributed by atoms with Crippen LogP contribution in [0.3, 0.4) is 0 Å². The molecule has 3 aliphatic rings. The number of ether oxygens (including phenoxy) is 2. The Hall–Kier alpha value is -5.17. The monoisotopic (exact) mass is 584 g/mol. The van der Waals surface area contributed by atoms with Crippen molar-refractivity contribution in [2.75, 3.05) is 19.0 Å². The van der Waals surface area contributed by atoms with Crippen LogP contribution in [-0.4, -0.2) is 42.1 Å². The van der Waals surface area contributed by atoms with Crippen molar-refractivity contribution in [2.45, 2.75) is 30.8 Å². The van der Waals surface area contributed by atoms with Crippen molar-refractivity contribution < 1.29 is 23.9 Å². The molecule has 4 aromatic carbocycles. The van der Waals surface area contributed by atoms with Gasteiger partial charge in [-0.2, -0.15) is 0 Å². The number of hydrogen-bond acceptors (Lipinski definition) is 6. The molecule has 0 radical (unpaired) electrons. The van der Waals surface area contributed by atoms with Crippen molar-refractivity contribution in [2.24, 2.45) is 5.92 Å². The number of ketones is 2. The lowest BCUT2D eigenvalue weighted by molar-refractivity contribution is -0.122. The summed E-state index contributed by atoms with van der Waals surface area (Å²) in [5.74, 6) is -0.989. The standard InChI is InChI=1S/C37H32N2O5/c1-3-21-44-25-13-10-12-24(22-25)33(40)31-32(34(41)27-15-6-9-18-30(27)43-2)39-20-19-23-11-4-5-14-26(23)35(39)37(31)28-16-7-8-17-29(28)38-36(37)42/h4-20,22,31-32,35H,3,21H2,1-2H3,(H,38,42)/t31-,32+,35-,37+/m0/s1. The molecule has 0 aromatic heterocycles. The van der Waals surface area contributed by atoms with Crippen LogP contribution in [-0.2, 0) is 10.2 Å². The van der Waals surface area contributed by atoms with Crippen molar-refractivity contribution in [3.63, 3.8) is 0 Å². The molecule has 0 unspecified atom stereocenters. The van der Waals surface area contributed by atoms with Gasteiger partial charge in [0.25, 0.3) is 0 Å². The third-order valence-electron chi connectivity index (χ3n) is 9.09. The van der Waals surface area contributed by atoms with Gasteiger partial charge in [0.1, 0.15) is 23.0 Å². The average Bonchev–Trinajstić information content (AvgIpc) is 3.55. The van der Waals surface area contributed by atoms with Crippen LogP contribution < -0.4 is 14.8 Å². The van der Waals surface area contributed by atoms with Crippen LogP contribution in [0, 0.1) is 5.92 Å². The minimum absolute atomic E-state index is 0.290. The van der Waals surface area contributed by atoms with Gasteiger partial charge in [-0.15, -0.1) is 0 Å². The second kappa shape index (κ2) is 10.8. The van der Waals surface area contributed by atoms with Gasteiger partial charge >= 0.3 is 0 Å². The van der Waals surface area contributed by atoms with E-state index in [-0.39, 0.29) is 17.5 Å². The molecule has 1 amide bonds. The smallest absolute Gasteiger partial charge is 0.238 e. The number of anilines is 1. The lowest BCUT2D eigenvalue weighted by Gasteiger charge is -2.38. The molecule has 44 heavy (non-hydrogen) atoms. The number of carbonyl (C=O) groups is 3. The van der Waals surface area contributed by atoms with Crippen LogP contribution >= 0.6 is 0 Å². The minimum Gasteiger partial charge on any atom is -0.496 e. The molecular weight excluding hydrogens is 552 g/mol. The van der Waals surface area contributed by atoms with E-state index in [0.717, 1.165) is 17.5 Å². The topological polar surface area (TPSA) is 84.9 Å². The average molecular weight is 585 g/mol. The van der Waals surface area contributed by atoms with E-state index in [9.17, 15) is 9.59 Å². The van der Waals surface area contributed by atoms with Gasteiger partial charge in [0.15, 0.2) is 11.6 Å². The number of nitrogens with zero attached hydrogens (tertiary/aromatic N) is 1. The molecule has 1 fully saturated rings. The first-order chi connectivity index (χ1) is 21.5. The molecule has 4 atom stereocenters. The number of methoxy groups -OCH3 is 1. The maximum absolute atomic E-state index is 15.1. The zero-order valence-electron chi connectivity index (χ0n) is 24.5. The zero-order chi connectivity index (χ0) is 30.4. The molecule has 7 heteroatoms. The van der Waals surface area contributed by atoms with Crippen LogP contribution in [0.15, 0.2) is 103 Å². The van der Waals surface area contributed by atoms with Gasteiger partial charge in [-0.25, -0.2) is 0 Å². The number of benzene rings is 4. The molecule has 7 rings (SSSR count). The number of rotatable bonds is 8. The van der Waals surface area contributed by atoms with E-state index in [1.54, 1.807) is 42.5 Å². The number of Topliss-reactive ketones (excluding diaryl/α,β-unsaturated/α-hetero) is 2. The van der Waals surface area contributed by atoms with Gasteiger partial charge in [-0.3, -0.25) is 14.4 Å². The van der Waals surface area contributed by atoms with Crippen molar-refractivity contribution >= 4 is 29.2 Å². The quantitative estimate of drug-likeness (QED) is 0.239. The molecule has 0 aliphatic carbocycles. The Morgan fingerprint density at radius 2 is 1.68 bits per heavy atom. The molecular formula is C37H32N2O5. The second-order valence-corrected chi connectivity index (χ2v) is 11.4. The van der Waals surface area contributed by atoms with Gasteiger partial charge < -0.3 is 19.7 Å². The summed E-state index contributed by atoms with van der Waals surface area (Å²) in [5.41, 5.74) is 2.51. The normalized spacial score (nSPS) is 22.6. The zero-order valence-corrected chi connectivity index (χ0v) is 24.5. The number of hydrogen-bond donors (Lipinski definition) is 1. The van der Waals surface area contributed by atoms with E-state index in [2.05, 4.69) is 5.32 Å². The Kier molecular flexibility index (Phi) is 6.81. The molecule has 4 aromatic rings. The number of carbonyl (C=O) groups excluding carboxylic acids is 3. The predicted molar refractivity (Wildman–Crippen MR) is 168 cm³/mol. The van der Waals surface area contributed by atoms with Gasteiger partial charge in [0.05, 0.1) is 31.2 Å². The Morgan fingerprint density at radius 3 is 2.52 bits per heavy atom. The first-order valence-corrected chi connectivity index (χ1v) is 14.9. The fourth-order valence-corrected chi connectivity index (χ4v) is 7.31. The van der Waals surface area contributed by atoms with Crippen molar-refractivity contribution in [1.82, 2.24) is 4.90 Å². The highest BCUT2D eigenvalue weighted by Gasteiger charge is 2.70. The summed E-state index contributed by atoms with van der Waals surface area (Å²) >= 11 is 0. The maximum atomic E-state index is 15.1. The third-order valence-corrected chi connectivity index (χ3v) is 9.09. The summed E-state index contributed by atoms with van der Waals surface area (Å²) in [6.07, 6.45) is 4.64. The number of amides is 1. The molecule has 3 heterocycles. The maximum Gasteiger partial charge on any atom is 0.238 e. The first kappa shape index (κ1) is 27.7. The van der Waals surface area contributed by atoms with Gasteiger partial charge in [0.2, 0.25) is 5.91 Å². The highest BCUT2D eigenvalue weighted by molar-refractivity contribution is 6.17. The fourth-order valence-electron chi connectivity index (χ4n) is 7.31. The summed E-state index contributed by atoms with van der Waals surface area (Å²) in [5, 5.41) is 3.09. The summed E-state index contributed by atoms with van der Waals surface area (Å²) in [7, 11) is 1.52. The number of fused-ring (bicyclic) bond motifs is 6. The van der Waals surface area contributed by atoms with E-state index >= 15 is 4.79 Å². The van der Waals surface area contributed by atoms with Gasteiger partial charge in [-0.05, 0) is 59.5 Å². The highest BCUT2D eigenvalue weighted by Crippen LogP contribution is 2.62. The van der Waals surface area contributed by atoms with Crippen LogP contribution in [0.5, 0.6) is 11.5 Å². The fraction of sp³-hybridized carbons (Fsp3) is 0.216. The van der Waals surface area contributed by atoms with Gasteiger partial charge in [0, 0.05) is 17.5 Å². The van der Waals surface area contributed by atoms with E-state index in [1.807, 2.05) is 78.7 Å². The van der Waals surface area contributed by atoms with Gasteiger partial charge in [-0.1, -0.05) is 73.7 Å². The summed E-state index contributed by atoms with van der Waals surface area (Å²) in [4.78, 5) is 46.5. The molecule has 0 saturated carbocycles. The third kappa shape index (κ3) is 3.99. The second-order valence-electron chi connectivity index (χ2n) is 11.4. The van der Waals surface area contributed by atoms with Crippen LogP contribution in [0.2, 0.25) is 0 Å². The molecule has 0 bridgehead atoms. The molecule has 3 aliphatic heterocycles. The van der Waals surface area contributed by atoms with Crippen molar-refractivity contribution in [1.29, 1.82) is 0 Å². The number of para-hydroxylation sites is 2. The summed E-state index contributed by atoms with van der Waals surface area (Å²) in [6, 6.07) is 27.8. The summed E-state index contributed by atoms with van der Waals surface area (Å²) in [6.45, 7) is 2.52. The number of nitrogens with one attached hydrogen (secondary N) is 1. The molecule has 1 N–H and O–H groups in total. The molecule has 220 valence electrons. The van der Waals surface area contributed by atoms with Crippen LogP contribution in [0.25, 0.3) is 6.08 Å². The largest absolute Gasteiger partial charge is 0.496 e. The van der Waals surface area contributed by atoms with E-state index in [0.29, 0.717) is 40.5 Å². The molecule has 1 saturated heterocycles. The lowest BCUT2D eigenvalue weighted by atomic mass is 9.62. The lowest BCUT2D eigenvalue weighted by Crippen LogP contribution is -2.49. The van der Waals surface area contributed by atoms with Crippen molar-refractivity contribution in [3.05, 3.63) is 131 Å². The van der Waals surface area contributed by atoms with Crippen molar-refractivity contribution in [3.8, 4) is 11.5 Å². The van der Waals surface area contributed by atoms with Crippen LogP contribution in [0.1, 0.15) is 56.8 Å². The molecule has 7 nitrogen and oxygen atoms in total. The predicted octanol–water partition coefficient (Wildman–Crippen LogP) is 6.47. The molecule has 1 spiro atoms. The highest BCUT2D eigenvalue weighted by atomic mass is 16.5. The van der Waals surface area contributed by atoms with Crippen LogP contribution in [0.4, 0.5) is 5.69 Å². The summed E-state index contributed by atoms with van der Waals surface area (Å²) < 4.78 is 11.5. The Morgan fingerprint density at radius 1 is 0.909 bits per heavy atom. The van der Waals surface area contributed by atoms with E-state index in [1.165, 1.54) is 7.11 Å². The Bertz CT molecular complexity index is 1830. The Balaban J connectivity index is 1.51. The van der Waals surface area contributed by atoms with E-state index < -0.39 is 23.4 Å². The first-order valence-electron chi connectivity index (χ1n) is 14.9. The SMILES string of the molecule is CCCOc1cccc(C(=O)[C@@H]2[C@H](C(=O)c3ccccc3OC)N3C=Cc4ccccc4[C@H]3[C@]23C(=O)Nc2ccccc23)c1. The van der Waals surface area contributed by atoms with E-state index in [4.69, 9.17) is 9.47 Å². The Labute approximate surface area is 256 Å². The minimum atomic E-state index is -1.41.